The van der Waals surface area contributed by atoms with Gasteiger partial charge in [0.05, 0.1) is 29.4 Å². The van der Waals surface area contributed by atoms with Crippen molar-refractivity contribution < 1.29 is 30.0 Å². The van der Waals surface area contributed by atoms with Crippen LogP contribution in [0.4, 0.5) is 0 Å². The Balaban J connectivity index is 1.21. The fraction of sp³-hybridized carbons (Fsp3) is 0.477. The Morgan fingerprint density at radius 1 is 0.911 bits per heavy atom. The summed E-state index contributed by atoms with van der Waals surface area (Å²) in [7, 11) is 1.85. The summed E-state index contributed by atoms with van der Waals surface area (Å²) >= 11 is 1.36. The second-order valence-corrected chi connectivity index (χ2v) is 16.5. The van der Waals surface area contributed by atoms with E-state index in [1.165, 1.54) is 22.9 Å². The lowest BCUT2D eigenvalue weighted by molar-refractivity contribution is -0.205. The highest BCUT2D eigenvalue weighted by Gasteiger charge is 2.43. The summed E-state index contributed by atoms with van der Waals surface area (Å²) in [4.78, 5) is 33.0. The maximum Gasteiger partial charge on any atom is 0.222 e. The number of aryl methyl sites for hydroxylation is 3. The maximum absolute atomic E-state index is 13.5. The molecule has 5 atom stereocenters. The number of aromatic nitrogens is 4. The van der Waals surface area contributed by atoms with Gasteiger partial charge in [-0.2, -0.15) is 0 Å². The van der Waals surface area contributed by atoms with Crippen LogP contribution < -0.4 is 0 Å². The van der Waals surface area contributed by atoms with Crippen LogP contribution >= 0.6 is 11.8 Å². The Kier molecular flexibility index (Phi) is 13.1. The largest absolute Gasteiger partial charge is 0.394 e. The molecule has 300 valence electrons. The SMILES string of the molecule is C=Cc1c(C)c2cc3nc(c(C)c4nc(cc5[nH]c(cc1[nH]2)c(C)c5CC)C(C)=C4)C(CCC(=O)N(C)CCCCCS[C@@H]1O[C@H](CO)[C@@H](O)[C@H](O)[C@H]1O)=C3C. The van der Waals surface area contributed by atoms with Crippen molar-refractivity contribution >= 4 is 68.6 Å². The number of carbonyl (C=O) groups is 1. The number of unbranched alkanes of at least 4 members (excludes halogenated alkanes) is 2. The van der Waals surface area contributed by atoms with Gasteiger partial charge in [-0.05, 0) is 124 Å². The molecule has 6 rings (SSSR count). The average molecular weight is 784 g/mol. The molecule has 0 saturated carbocycles. The van der Waals surface area contributed by atoms with E-state index in [0.29, 0.717) is 25.1 Å². The number of rotatable bonds is 13. The normalized spacial score (nSPS) is 21.1. The molecule has 3 aliphatic heterocycles. The van der Waals surface area contributed by atoms with Crippen LogP contribution in [-0.2, 0) is 16.0 Å². The van der Waals surface area contributed by atoms with Gasteiger partial charge in [0.15, 0.2) is 0 Å². The van der Waals surface area contributed by atoms with Crippen LogP contribution in [0.25, 0.3) is 50.9 Å². The Morgan fingerprint density at radius 3 is 2.34 bits per heavy atom. The van der Waals surface area contributed by atoms with Crippen LogP contribution in [0.2, 0.25) is 0 Å². The fourth-order valence-electron chi connectivity index (χ4n) is 7.92. The molecule has 0 aromatic carbocycles. The molecule has 1 amide bonds. The summed E-state index contributed by atoms with van der Waals surface area (Å²) in [5, 5.41) is 39.8. The minimum absolute atomic E-state index is 0.0659. The number of aliphatic hydroxyl groups is 4. The van der Waals surface area contributed by atoms with Gasteiger partial charge in [-0.3, -0.25) is 4.79 Å². The molecular weight excluding hydrogens is 727 g/mol. The number of hydrogen-bond acceptors (Lipinski definition) is 9. The van der Waals surface area contributed by atoms with Gasteiger partial charge in [0, 0.05) is 53.2 Å². The lowest BCUT2D eigenvalue weighted by Gasteiger charge is -2.39. The molecule has 11 nitrogen and oxygen atoms in total. The van der Waals surface area contributed by atoms with Crippen molar-refractivity contribution in [2.45, 2.75) is 110 Å². The summed E-state index contributed by atoms with van der Waals surface area (Å²) in [5.74, 6) is 0.734. The van der Waals surface area contributed by atoms with Gasteiger partial charge in [-0.1, -0.05) is 26.0 Å². The molecule has 12 heteroatoms. The van der Waals surface area contributed by atoms with Gasteiger partial charge >= 0.3 is 0 Å². The van der Waals surface area contributed by atoms with Gasteiger partial charge in [-0.25, -0.2) is 9.97 Å². The van der Waals surface area contributed by atoms with Crippen molar-refractivity contribution in [3.63, 3.8) is 0 Å². The number of nitrogens with zero attached hydrogens (tertiary/aromatic N) is 3. The van der Waals surface area contributed by atoms with Gasteiger partial charge in [0.1, 0.15) is 29.9 Å². The molecule has 1 saturated heterocycles. The van der Waals surface area contributed by atoms with Crippen LogP contribution in [0, 0.1) is 20.8 Å². The smallest absolute Gasteiger partial charge is 0.222 e. The summed E-state index contributed by atoms with van der Waals surface area (Å²) < 4.78 is 5.59. The quantitative estimate of drug-likeness (QED) is 0.101. The third-order valence-electron chi connectivity index (χ3n) is 11.6. The first-order chi connectivity index (χ1) is 26.8. The number of fused-ring (bicyclic) bond motifs is 8. The van der Waals surface area contributed by atoms with Crippen LogP contribution in [0.1, 0.15) is 103 Å². The molecule has 8 bridgehead atoms. The molecule has 3 aromatic heterocycles. The predicted molar refractivity (Wildman–Crippen MR) is 228 cm³/mol. The topological polar surface area (TPSA) is 168 Å². The zero-order valence-electron chi connectivity index (χ0n) is 33.7. The van der Waals surface area contributed by atoms with Crippen molar-refractivity contribution in [2.75, 3.05) is 26.0 Å². The number of nitrogens with one attached hydrogen (secondary N) is 2. The zero-order valence-corrected chi connectivity index (χ0v) is 34.5. The molecule has 0 aliphatic carbocycles. The monoisotopic (exact) mass is 783 g/mol. The first-order valence-electron chi connectivity index (χ1n) is 19.7. The number of allylic oxidation sites excluding steroid dienone is 3. The first kappa shape index (κ1) is 41.6. The Morgan fingerprint density at radius 2 is 1.62 bits per heavy atom. The highest BCUT2D eigenvalue weighted by Crippen LogP contribution is 2.37. The lowest BCUT2D eigenvalue weighted by atomic mass is 9.98. The van der Waals surface area contributed by atoms with E-state index in [2.05, 4.69) is 82.4 Å². The Hall–Kier alpha value is -4.04. The molecule has 0 spiro atoms. The van der Waals surface area contributed by atoms with Crippen molar-refractivity contribution in [1.82, 2.24) is 24.8 Å². The molecule has 0 unspecified atom stereocenters. The van der Waals surface area contributed by atoms with E-state index in [9.17, 15) is 25.2 Å². The maximum atomic E-state index is 13.5. The summed E-state index contributed by atoms with van der Waals surface area (Å²) in [5.41, 5.74) is 15.6. The number of carbonyl (C=O) groups excluding carboxylic acids is 1. The van der Waals surface area contributed by atoms with E-state index in [1.807, 2.05) is 13.1 Å². The first-order valence-corrected chi connectivity index (χ1v) is 20.7. The number of hydrogen-bond donors (Lipinski definition) is 6. The van der Waals surface area contributed by atoms with Gasteiger partial charge in [-0.15, -0.1) is 11.8 Å². The standard InChI is InChI=1S/C44H57N5O6S/c1-9-28-25(5)34-21-37-29(10-2)24(4)33(46-37)20-35-26(6)30(40(48-35)27(7)32-18-23(3)31(45-32)19-36(28)47-34)14-15-39(51)49(8)16-12-11-13-17-56-44-43(54)42(53)41(52)38(22-50)55-44/h10,18-21,38,41-44,46-47,50,52-54H,2,9,11-17,22H2,1,3-8H3/t38-,41-,42+,43-,44+/m1/s1. The second kappa shape index (κ2) is 17.6. The van der Waals surface area contributed by atoms with E-state index >= 15 is 0 Å². The van der Waals surface area contributed by atoms with Crippen LogP contribution in [-0.4, -0.2) is 107 Å². The van der Waals surface area contributed by atoms with E-state index in [4.69, 9.17) is 14.7 Å². The summed E-state index contributed by atoms with van der Waals surface area (Å²) in [6, 6.07) is 6.43. The number of amides is 1. The molecule has 1 fully saturated rings. The highest BCUT2D eigenvalue weighted by atomic mass is 32.2. The van der Waals surface area contributed by atoms with Crippen molar-refractivity contribution in [2.24, 2.45) is 0 Å². The molecule has 56 heavy (non-hydrogen) atoms. The molecule has 3 aromatic rings. The fourth-order valence-corrected chi connectivity index (χ4v) is 9.11. The molecular formula is C44H57N5O6S. The zero-order chi connectivity index (χ0) is 40.4. The Labute approximate surface area is 333 Å². The van der Waals surface area contributed by atoms with Crippen LogP contribution in [0.15, 0.2) is 24.8 Å². The van der Waals surface area contributed by atoms with Gasteiger partial charge in [0.2, 0.25) is 5.91 Å². The van der Waals surface area contributed by atoms with Gasteiger partial charge < -0.3 is 40.0 Å². The van der Waals surface area contributed by atoms with Gasteiger partial charge in [0.25, 0.3) is 0 Å². The second-order valence-electron chi connectivity index (χ2n) is 15.3. The summed E-state index contributed by atoms with van der Waals surface area (Å²) in [6.07, 6.45) is 3.46. The number of aliphatic hydroxyl groups excluding tert-OH is 4. The molecule has 6 N–H and O–H groups in total. The molecule has 6 heterocycles. The van der Waals surface area contributed by atoms with Crippen LogP contribution in [0.3, 0.4) is 0 Å². The highest BCUT2D eigenvalue weighted by molar-refractivity contribution is 7.99. The van der Waals surface area contributed by atoms with Crippen molar-refractivity contribution in [3.8, 4) is 0 Å². The number of aromatic amines is 2. The summed E-state index contributed by atoms with van der Waals surface area (Å²) in [6.45, 7) is 17.0. The van der Waals surface area contributed by atoms with Crippen LogP contribution in [0.5, 0.6) is 0 Å². The third-order valence-corrected chi connectivity index (χ3v) is 12.8. The lowest BCUT2D eigenvalue weighted by Crippen LogP contribution is -2.57. The van der Waals surface area contributed by atoms with E-state index in [-0.39, 0.29) is 5.91 Å². The Bertz CT molecular complexity index is 2220. The van der Waals surface area contributed by atoms with Crippen molar-refractivity contribution in [1.29, 1.82) is 0 Å². The number of ether oxygens (including phenoxy) is 1. The predicted octanol–water partition coefficient (Wildman–Crippen LogP) is 6.88. The minimum Gasteiger partial charge on any atom is -0.394 e. The van der Waals surface area contributed by atoms with Crippen molar-refractivity contribution in [3.05, 3.63) is 75.4 Å². The third kappa shape index (κ3) is 8.32. The number of H-pyrrole nitrogens is 2. The number of thioether (sulfide) groups is 1. The van der Waals surface area contributed by atoms with E-state index < -0.39 is 36.5 Å². The minimum atomic E-state index is -1.37. The molecule has 3 aliphatic rings. The van der Waals surface area contributed by atoms with E-state index in [0.717, 1.165) is 104 Å². The average Bonchev–Trinajstić information content (AvgIpc) is 3.89. The molecule has 0 radical (unpaired) electrons. The van der Waals surface area contributed by atoms with E-state index in [1.54, 1.807) is 4.90 Å².